The molecule has 3 atom stereocenters. The second-order valence-corrected chi connectivity index (χ2v) is 11.2. The third-order valence-corrected chi connectivity index (χ3v) is 8.33. The molecule has 3 unspecified atom stereocenters. The first-order chi connectivity index (χ1) is 18.9. The van der Waals surface area contributed by atoms with Crippen LogP contribution < -0.4 is 5.32 Å². The van der Waals surface area contributed by atoms with Crippen molar-refractivity contribution in [2.75, 3.05) is 52.5 Å². The second kappa shape index (κ2) is 13.9. The van der Waals surface area contributed by atoms with E-state index in [0.29, 0.717) is 39.3 Å². The number of carboxylic acids is 1. The second-order valence-electron chi connectivity index (χ2n) is 10.1. The van der Waals surface area contributed by atoms with Crippen molar-refractivity contribution in [3.63, 3.8) is 0 Å². The summed E-state index contributed by atoms with van der Waals surface area (Å²) < 4.78 is 5.53. The number of hydrogen-bond acceptors (Lipinski definition) is 8. The number of amidine groups is 1. The van der Waals surface area contributed by atoms with Crippen LogP contribution in [0.25, 0.3) is 0 Å². The van der Waals surface area contributed by atoms with Crippen LogP contribution in [0.3, 0.4) is 0 Å². The summed E-state index contributed by atoms with van der Waals surface area (Å²) in [6.45, 7) is 7.50. The van der Waals surface area contributed by atoms with Gasteiger partial charge in [0.15, 0.2) is 0 Å². The molecule has 2 aliphatic heterocycles. The summed E-state index contributed by atoms with van der Waals surface area (Å²) in [6, 6.07) is 16.5. The number of nitrogens with zero attached hydrogens (tertiary/aromatic N) is 3. The third kappa shape index (κ3) is 7.60. The van der Waals surface area contributed by atoms with E-state index in [0.717, 1.165) is 40.0 Å². The van der Waals surface area contributed by atoms with E-state index in [1.165, 1.54) is 0 Å². The lowest BCUT2D eigenvalue weighted by molar-refractivity contribution is -0.142. The number of carbonyl (C=O) groups excluding carboxylic acids is 1. The summed E-state index contributed by atoms with van der Waals surface area (Å²) in [6.07, 6.45) is 0.293. The zero-order valence-corrected chi connectivity index (χ0v) is 23.4. The predicted octanol–water partition coefficient (Wildman–Crippen LogP) is 3.09. The number of piperazine rings is 1. The minimum absolute atomic E-state index is 0.00513. The molecule has 0 aliphatic carbocycles. The molecule has 0 spiro atoms. The van der Waals surface area contributed by atoms with E-state index in [1.54, 1.807) is 25.6 Å². The number of hydrogen-bond donors (Lipinski definition) is 3. The number of ether oxygens (including phenoxy) is 1. The fourth-order valence-electron chi connectivity index (χ4n) is 4.96. The first kappa shape index (κ1) is 29.1. The van der Waals surface area contributed by atoms with Crippen molar-refractivity contribution in [2.24, 2.45) is 16.8 Å². The number of amides is 1. The van der Waals surface area contributed by atoms with Gasteiger partial charge in [-0.2, -0.15) is 0 Å². The van der Waals surface area contributed by atoms with Gasteiger partial charge in [-0.1, -0.05) is 55.9 Å². The van der Waals surface area contributed by atoms with Crippen molar-refractivity contribution in [2.45, 2.75) is 36.1 Å². The Morgan fingerprint density at radius 1 is 1.08 bits per heavy atom. The lowest BCUT2D eigenvalue weighted by atomic mass is 9.96. The van der Waals surface area contributed by atoms with Crippen LogP contribution in [-0.2, 0) is 14.3 Å². The Bertz CT molecular complexity index is 1180. The highest BCUT2D eigenvalue weighted by Crippen LogP contribution is 2.40. The van der Waals surface area contributed by atoms with E-state index in [-0.39, 0.29) is 18.6 Å². The van der Waals surface area contributed by atoms with Gasteiger partial charge in [-0.15, -0.1) is 0 Å². The van der Waals surface area contributed by atoms with Crippen LogP contribution in [0.2, 0.25) is 0 Å². The van der Waals surface area contributed by atoms with Crippen LogP contribution in [0, 0.1) is 11.8 Å². The summed E-state index contributed by atoms with van der Waals surface area (Å²) in [7, 11) is 0. The highest BCUT2D eigenvalue weighted by molar-refractivity contribution is 7.99. The molecular weight excluding hydrogens is 516 g/mol. The lowest BCUT2D eigenvalue weighted by Crippen LogP contribution is -2.59. The first-order valence-corrected chi connectivity index (χ1v) is 14.3. The van der Waals surface area contributed by atoms with Crippen molar-refractivity contribution in [3.05, 3.63) is 54.1 Å². The first-order valence-electron chi connectivity index (χ1n) is 13.5. The summed E-state index contributed by atoms with van der Waals surface area (Å²) in [5.41, 5.74) is 2.04. The Kier molecular flexibility index (Phi) is 10.4. The average Bonchev–Trinajstić information content (AvgIpc) is 3.11. The molecule has 2 aromatic rings. The number of aliphatic hydroxyl groups excluding tert-OH is 1. The lowest BCUT2D eigenvalue weighted by Gasteiger charge is -2.43. The number of fused-ring (bicyclic) bond motifs is 2. The van der Waals surface area contributed by atoms with E-state index in [1.807, 2.05) is 30.3 Å². The van der Waals surface area contributed by atoms with Crippen LogP contribution >= 0.6 is 11.8 Å². The highest BCUT2D eigenvalue weighted by atomic mass is 32.2. The fraction of sp³-hybridized carbons (Fsp3) is 0.483. The van der Waals surface area contributed by atoms with Gasteiger partial charge in [0.25, 0.3) is 0 Å². The predicted molar refractivity (Wildman–Crippen MR) is 152 cm³/mol. The number of nitrogens with one attached hydrogen (secondary N) is 1. The van der Waals surface area contributed by atoms with Crippen LogP contribution in [0.4, 0.5) is 5.69 Å². The quantitative estimate of drug-likeness (QED) is 0.363. The number of rotatable bonds is 11. The number of aliphatic hydroxyl groups is 1. The van der Waals surface area contributed by atoms with Crippen LogP contribution in [0.15, 0.2) is 63.3 Å². The minimum atomic E-state index is -0.893. The molecule has 10 heteroatoms. The third-order valence-electron chi connectivity index (χ3n) is 7.19. The van der Waals surface area contributed by atoms with Gasteiger partial charge in [-0.3, -0.25) is 14.5 Å². The zero-order chi connectivity index (χ0) is 27.8. The fourth-order valence-corrected chi connectivity index (χ4v) is 5.98. The molecule has 9 nitrogen and oxygen atoms in total. The maximum atomic E-state index is 12.9. The van der Waals surface area contributed by atoms with Crippen molar-refractivity contribution in [1.29, 1.82) is 0 Å². The Morgan fingerprint density at radius 2 is 1.82 bits per heavy atom. The Balaban J connectivity index is 1.52. The summed E-state index contributed by atoms with van der Waals surface area (Å²) >= 11 is 1.72. The molecular formula is C29H38N4O5S. The molecule has 1 saturated heterocycles. The number of carbonyl (C=O) groups is 2. The SMILES string of the molecule is CC(CC(C)C(=O)NCC1CN(C2=Nc3ccccc3Sc3ccccc32)CCN1CCOCCO)C(=O)O. The van der Waals surface area contributed by atoms with Gasteiger partial charge < -0.3 is 25.2 Å². The van der Waals surface area contributed by atoms with E-state index in [4.69, 9.17) is 14.8 Å². The van der Waals surface area contributed by atoms with Crippen molar-refractivity contribution >= 4 is 35.2 Å². The molecule has 0 saturated carbocycles. The number of para-hydroxylation sites is 1. The molecule has 0 aromatic heterocycles. The smallest absolute Gasteiger partial charge is 0.306 e. The molecule has 1 amide bonds. The van der Waals surface area contributed by atoms with E-state index >= 15 is 0 Å². The van der Waals surface area contributed by atoms with Gasteiger partial charge in [0.2, 0.25) is 5.91 Å². The maximum Gasteiger partial charge on any atom is 0.306 e. The van der Waals surface area contributed by atoms with Crippen LogP contribution in [-0.4, -0.2) is 96.3 Å². The summed E-state index contributed by atoms with van der Waals surface area (Å²) in [5.74, 6) is -1.08. The molecule has 0 radical (unpaired) electrons. The standard InChI is InChI=1S/C29H38N4O5S/c1-20(17-21(2)29(36)37)28(35)30-18-22-19-33(12-11-32(22)13-15-38-16-14-34)27-23-7-3-5-9-25(23)39-26-10-6-4-8-24(26)31-27/h3-10,20-22,34H,11-19H2,1-2H3,(H,30,35)(H,36,37). The molecule has 0 bridgehead atoms. The van der Waals surface area contributed by atoms with Gasteiger partial charge >= 0.3 is 5.97 Å². The van der Waals surface area contributed by atoms with E-state index in [2.05, 4.69) is 33.3 Å². The van der Waals surface area contributed by atoms with Crippen molar-refractivity contribution < 1.29 is 24.5 Å². The largest absolute Gasteiger partial charge is 0.481 e. The van der Waals surface area contributed by atoms with Crippen molar-refractivity contribution in [3.8, 4) is 0 Å². The molecule has 39 heavy (non-hydrogen) atoms. The maximum absolute atomic E-state index is 12.9. The molecule has 3 N–H and O–H groups in total. The molecule has 2 heterocycles. The minimum Gasteiger partial charge on any atom is -0.481 e. The zero-order valence-electron chi connectivity index (χ0n) is 22.6. The Labute approximate surface area is 234 Å². The molecule has 4 rings (SSSR count). The van der Waals surface area contributed by atoms with E-state index < -0.39 is 17.8 Å². The van der Waals surface area contributed by atoms with Gasteiger partial charge in [0.05, 0.1) is 31.4 Å². The topological polar surface area (TPSA) is 115 Å². The van der Waals surface area contributed by atoms with Gasteiger partial charge in [0, 0.05) is 60.0 Å². The van der Waals surface area contributed by atoms with Crippen LogP contribution in [0.1, 0.15) is 25.8 Å². The summed E-state index contributed by atoms with van der Waals surface area (Å²) in [5, 5.41) is 21.4. The molecule has 2 aromatic carbocycles. The Hall–Kier alpha value is -2.92. The highest BCUT2D eigenvalue weighted by Gasteiger charge is 2.31. The summed E-state index contributed by atoms with van der Waals surface area (Å²) in [4.78, 5) is 36.1. The number of aliphatic imine (C=N–C) groups is 1. The monoisotopic (exact) mass is 554 g/mol. The average molecular weight is 555 g/mol. The number of aliphatic carboxylic acids is 1. The van der Waals surface area contributed by atoms with Crippen molar-refractivity contribution in [1.82, 2.24) is 15.1 Å². The van der Waals surface area contributed by atoms with Gasteiger partial charge in [-0.25, -0.2) is 4.99 Å². The number of carboxylic acid groups (broad SMARTS) is 1. The van der Waals surface area contributed by atoms with Gasteiger partial charge in [0.1, 0.15) is 5.84 Å². The van der Waals surface area contributed by atoms with E-state index in [9.17, 15) is 14.7 Å². The normalized spacial score (nSPS) is 18.8. The van der Waals surface area contributed by atoms with Crippen LogP contribution in [0.5, 0.6) is 0 Å². The van der Waals surface area contributed by atoms with Gasteiger partial charge in [-0.05, 0) is 24.6 Å². The number of benzene rings is 2. The Morgan fingerprint density at radius 3 is 2.59 bits per heavy atom. The molecule has 2 aliphatic rings. The molecule has 210 valence electrons. The molecule has 1 fully saturated rings.